The number of thiophene rings is 1. The SMILES string of the molecule is CCOC(C)(C)CNc1nc(Cl)nc2sc(C)cc12. The first-order valence-corrected chi connectivity index (χ1v) is 7.42. The second kappa shape index (κ2) is 5.61. The number of aryl methyl sites for hydroxylation is 1. The van der Waals surface area contributed by atoms with Crippen molar-refractivity contribution in [2.75, 3.05) is 18.5 Å². The van der Waals surface area contributed by atoms with Gasteiger partial charge in [0.25, 0.3) is 0 Å². The van der Waals surface area contributed by atoms with Gasteiger partial charge < -0.3 is 10.1 Å². The Kier molecular flexibility index (Phi) is 4.28. The molecule has 0 aromatic carbocycles. The van der Waals surface area contributed by atoms with Crippen LogP contribution in [0, 0.1) is 6.92 Å². The van der Waals surface area contributed by atoms with Gasteiger partial charge in [0, 0.05) is 18.0 Å². The van der Waals surface area contributed by atoms with Crippen LogP contribution in [-0.2, 0) is 4.74 Å². The molecule has 0 radical (unpaired) electrons. The normalized spacial score (nSPS) is 12.1. The number of hydrogen-bond donors (Lipinski definition) is 1. The van der Waals surface area contributed by atoms with Gasteiger partial charge in [-0.1, -0.05) is 0 Å². The van der Waals surface area contributed by atoms with E-state index in [1.165, 1.54) is 4.88 Å². The Bertz CT molecular complexity index is 583. The van der Waals surface area contributed by atoms with Crippen LogP contribution < -0.4 is 5.32 Å². The molecule has 6 heteroatoms. The van der Waals surface area contributed by atoms with Crippen molar-refractivity contribution in [3.05, 3.63) is 16.2 Å². The van der Waals surface area contributed by atoms with E-state index in [-0.39, 0.29) is 10.9 Å². The van der Waals surface area contributed by atoms with Crippen LogP contribution in [0.2, 0.25) is 5.28 Å². The van der Waals surface area contributed by atoms with Crippen molar-refractivity contribution in [3.8, 4) is 0 Å². The first-order chi connectivity index (χ1) is 8.91. The quantitative estimate of drug-likeness (QED) is 0.851. The van der Waals surface area contributed by atoms with Gasteiger partial charge in [-0.25, -0.2) is 9.97 Å². The van der Waals surface area contributed by atoms with Crippen LogP contribution >= 0.6 is 22.9 Å². The van der Waals surface area contributed by atoms with E-state index in [2.05, 4.69) is 21.4 Å². The number of nitrogens with zero attached hydrogens (tertiary/aromatic N) is 2. The summed E-state index contributed by atoms with van der Waals surface area (Å²) in [6.45, 7) is 9.48. The van der Waals surface area contributed by atoms with Gasteiger partial charge in [0.1, 0.15) is 10.6 Å². The van der Waals surface area contributed by atoms with E-state index < -0.39 is 0 Å². The van der Waals surface area contributed by atoms with Crippen LogP contribution in [0.4, 0.5) is 5.82 Å². The molecule has 104 valence electrons. The molecule has 0 unspecified atom stereocenters. The van der Waals surface area contributed by atoms with E-state index >= 15 is 0 Å². The van der Waals surface area contributed by atoms with Crippen LogP contribution in [0.1, 0.15) is 25.6 Å². The van der Waals surface area contributed by atoms with Gasteiger partial charge in [0.05, 0.1) is 11.0 Å². The molecule has 1 N–H and O–H groups in total. The lowest BCUT2D eigenvalue weighted by atomic mass is 10.1. The van der Waals surface area contributed by atoms with E-state index in [0.29, 0.717) is 13.2 Å². The summed E-state index contributed by atoms with van der Waals surface area (Å²) in [6, 6.07) is 2.08. The minimum Gasteiger partial charge on any atom is -0.374 e. The topological polar surface area (TPSA) is 47.0 Å². The molecule has 2 rings (SSSR count). The fourth-order valence-electron chi connectivity index (χ4n) is 1.89. The Hall–Kier alpha value is -0.910. The van der Waals surface area contributed by atoms with Gasteiger partial charge in [-0.15, -0.1) is 11.3 Å². The van der Waals surface area contributed by atoms with Crippen LogP contribution in [-0.4, -0.2) is 28.7 Å². The minimum atomic E-state index is -0.246. The van der Waals surface area contributed by atoms with E-state index in [9.17, 15) is 0 Å². The first-order valence-electron chi connectivity index (χ1n) is 6.23. The van der Waals surface area contributed by atoms with E-state index in [1.54, 1.807) is 11.3 Å². The molecule has 0 aliphatic heterocycles. The number of aromatic nitrogens is 2. The summed E-state index contributed by atoms with van der Waals surface area (Å²) in [6.07, 6.45) is 0. The van der Waals surface area contributed by atoms with Crippen molar-refractivity contribution in [1.29, 1.82) is 0 Å². The molecule has 2 aromatic heterocycles. The average Bonchev–Trinajstić information content (AvgIpc) is 2.66. The summed E-state index contributed by atoms with van der Waals surface area (Å²) in [5.41, 5.74) is -0.246. The number of halogens is 1. The highest BCUT2D eigenvalue weighted by molar-refractivity contribution is 7.18. The molecule has 2 heterocycles. The fourth-order valence-corrected chi connectivity index (χ4v) is 2.99. The highest BCUT2D eigenvalue weighted by Gasteiger charge is 2.18. The van der Waals surface area contributed by atoms with Crippen molar-refractivity contribution < 1.29 is 4.74 Å². The Morgan fingerprint density at radius 3 is 2.84 bits per heavy atom. The van der Waals surface area contributed by atoms with Gasteiger partial charge in [-0.3, -0.25) is 0 Å². The molecule has 0 amide bonds. The van der Waals surface area contributed by atoms with E-state index in [0.717, 1.165) is 16.0 Å². The Morgan fingerprint density at radius 1 is 1.42 bits per heavy atom. The second-order valence-electron chi connectivity index (χ2n) is 4.96. The molecular formula is C13H18ClN3OS. The fraction of sp³-hybridized carbons (Fsp3) is 0.538. The van der Waals surface area contributed by atoms with Crippen LogP contribution in [0.3, 0.4) is 0 Å². The lowest BCUT2D eigenvalue weighted by molar-refractivity contribution is 0.000663. The third-order valence-electron chi connectivity index (χ3n) is 2.71. The van der Waals surface area contributed by atoms with Crippen molar-refractivity contribution in [1.82, 2.24) is 9.97 Å². The van der Waals surface area contributed by atoms with Crippen LogP contribution in [0.15, 0.2) is 6.07 Å². The van der Waals surface area contributed by atoms with Crippen molar-refractivity contribution in [3.63, 3.8) is 0 Å². The zero-order valence-corrected chi connectivity index (χ0v) is 13.2. The highest BCUT2D eigenvalue weighted by atomic mass is 35.5. The Balaban J connectivity index is 2.25. The lowest BCUT2D eigenvalue weighted by Crippen LogP contribution is -2.33. The van der Waals surface area contributed by atoms with Gasteiger partial charge in [0.15, 0.2) is 0 Å². The Morgan fingerprint density at radius 2 is 2.16 bits per heavy atom. The highest BCUT2D eigenvalue weighted by Crippen LogP contribution is 2.29. The van der Waals surface area contributed by atoms with E-state index in [1.807, 2.05) is 27.7 Å². The number of anilines is 1. The molecule has 0 saturated carbocycles. The van der Waals surface area contributed by atoms with Crippen molar-refractivity contribution in [2.45, 2.75) is 33.3 Å². The number of rotatable bonds is 5. The van der Waals surface area contributed by atoms with Gasteiger partial charge >= 0.3 is 0 Å². The monoisotopic (exact) mass is 299 g/mol. The standard InChI is InChI=1S/C13H18ClN3OS/c1-5-18-13(3,4)7-15-10-9-6-8(2)19-11(9)17-12(14)16-10/h6H,5,7H2,1-4H3,(H,15,16,17). The average molecular weight is 300 g/mol. The summed E-state index contributed by atoms with van der Waals surface area (Å²) in [5.74, 6) is 0.770. The first kappa shape index (κ1) is 14.5. The molecule has 0 atom stereocenters. The maximum Gasteiger partial charge on any atom is 0.225 e. The van der Waals surface area contributed by atoms with Crippen LogP contribution in [0.25, 0.3) is 10.2 Å². The predicted molar refractivity (Wildman–Crippen MR) is 81.4 cm³/mol. The third kappa shape index (κ3) is 3.55. The second-order valence-corrected chi connectivity index (χ2v) is 6.54. The molecule has 0 bridgehead atoms. The number of fused-ring (bicyclic) bond motifs is 1. The summed E-state index contributed by atoms with van der Waals surface area (Å²) in [4.78, 5) is 10.6. The maximum atomic E-state index is 5.96. The summed E-state index contributed by atoms with van der Waals surface area (Å²) < 4.78 is 5.66. The molecule has 0 saturated heterocycles. The van der Waals surface area contributed by atoms with Crippen molar-refractivity contribution >= 4 is 39.0 Å². The zero-order valence-electron chi connectivity index (χ0n) is 11.6. The summed E-state index contributed by atoms with van der Waals surface area (Å²) >= 11 is 7.57. The van der Waals surface area contributed by atoms with Gasteiger partial charge in [0.2, 0.25) is 5.28 Å². The lowest BCUT2D eigenvalue weighted by Gasteiger charge is -2.25. The van der Waals surface area contributed by atoms with Crippen LogP contribution in [0.5, 0.6) is 0 Å². The predicted octanol–water partition coefficient (Wildman–Crippen LogP) is 3.88. The molecular weight excluding hydrogens is 282 g/mol. The zero-order chi connectivity index (χ0) is 14.0. The molecule has 0 fully saturated rings. The Labute approximate surface area is 122 Å². The molecule has 2 aromatic rings. The largest absolute Gasteiger partial charge is 0.374 e. The third-order valence-corrected chi connectivity index (χ3v) is 3.82. The number of hydrogen-bond acceptors (Lipinski definition) is 5. The summed E-state index contributed by atoms with van der Waals surface area (Å²) in [5, 5.41) is 4.60. The molecule has 19 heavy (non-hydrogen) atoms. The number of nitrogens with one attached hydrogen (secondary N) is 1. The molecule has 4 nitrogen and oxygen atoms in total. The van der Waals surface area contributed by atoms with Crippen molar-refractivity contribution in [2.24, 2.45) is 0 Å². The molecule has 0 spiro atoms. The summed E-state index contributed by atoms with van der Waals surface area (Å²) in [7, 11) is 0. The maximum absolute atomic E-state index is 5.96. The number of ether oxygens (including phenoxy) is 1. The van der Waals surface area contributed by atoms with Gasteiger partial charge in [-0.05, 0) is 45.4 Å². The van der Waals surface area contributed by atoms with E-state index in [4.69, 9.17) is 16.3 Å². The molecule has 0 aliphatic carbocycles. The minimum absolute atomic E-state index is 0.246. The van der Waals surface area contributed by atoms with Gasteiger partial charge in [-0.2, -0.15) is 0 Å². The molecule has 0 aliphatic rings. The smallest absolute Gasteiger partial charge is 0.225 e.